The number of nitro benzene ring substituents is 1. The molecule has 0 unspecified atom stereocenters. The summed E-state index contributed by atoms with van der Waals surface area (Å²) in [5.41, 5.74) is 1.82. The highest BCUT2D eigenvalue weighted by Gasteiger charge is 2.28. The molecule has 0 aromatic heterocycles. The summed E-state index contributed by atoms with van der Waals surface area (Å²) in [4.78, 5) is 27.5. The van der Waals surface area contributed by atoms with Crippen LogP contribution in [0.3, 0.4) is 0 Å². The highest BCUT2D eigenvalue weighted by molar-refractivity contribution is 5.94. The molecule has 1 amide bonds. The number of nitrogens with one attached hydrogen (secondary N) is 1. The standard InChI is InChI=1S/C26H25FN4O5/c27-21-3-1-2-4-22(21)29-11-13-30(14-12-29)23(19-7-10-24-25(15-19)36-17-35-24)16-28-26(32)18-5-8-20(9-6-18)31(33)34/h1-10,15,23H,11-14,16-17H2,(H,28,32)/t23-/m1/s1. The summed E-state index contributed by atoms with van der Waals surface area (Å²) < 4.78 is 25.3. The molecule has 2 aliphatic heterocycles. The zero-order valence-corrected chi connectivity index (χ0v) is 19.4. The molecule has 10 heteroatoms. The Labute approximate surface area is 207 Å². The van der Waals surface area contributed by atoms with Crippen molar-refractivity contribution in [2.75, 3.05) is 44.4 Å². The largest absolute Gasteiger partial charge is 0.454 e. The number of piperazine rings is 1. The zero-order valence-electron chi connectivity index (χ0n) is 19.4. The summed E-state index contributed by atoms with van der Waals surface area (Å²) in [7, 11) is 0. The van der Waals surface area contributed by atoms with Gasteiger partial charge in [-0.25, -0.2) is 4.39 Å². The number of fused-ring (bicyclic) bond motifs is 1. The molecule has 0 aliphatic carbocycles. The summed E-state index contributed by atoms with van der Waals surface area (Å²) in [6.45, 7) is 3.09. The van der Waals surface area contributed by atoms with Gasteiger partial charge in [-0.05, 0) is 42.0 Å². The maximum atomic E-state index is 14.3. The fourth-order valence-corrected chi connectivity index (χ4v) is 4.59. The predicted molar refractivity (Wildman–Crippen MR) is 131 cm³/mol. The number of carbonyl (C=O) groups excluding carboxylic acids is 1. The van der Waals surface area contributed by atoms with Gasteiger partial charge in [0.05, 0.1) is 16.7 Å². The highest BCUT2D eigenvalue weighted by atomic mass is 19.1. The number of amides is 1. The van der Waals surface area contributed by atoms with Crippen LogP contribution in [0.15, 0.2) is 66.7 Å². The maximum Gasteiger partial charge on any atom is 0.269 e. The van der Waals surface area contributed by atoms with Crippen LogP contribution in [-0.2, 0) is 0 Å². The van der Waals surface area contributed by atoms with E-state index in [1.54, 1.807) is 12.1 Å². The summed E-state index contributed by atoms with van der Waals surface area (Å²) in [5, 5.41) is 13.9. The van der Waals surface area contributed by atoms with Crippen LogP contribution in [0.5, 0.6) is 11.5 Å². The average Bonchev–Trinajstić information content (AvgIpc) is 3.38. The molecule has 3 aromatic rings. The molecule has 0 bridgehead atoms. The molecule has 5 rings (SSSR count). The van der Waals surface area contributed by atoms with Crippen molar-refractivity contribution in [3.63, 3.8) is 0 Å². The lowest BCUT2D eigenvalue weighted by Gasteiger charge is -2.40. The number of benzene rings is 3. The normalized spacial score (nSPS) is 16.0. The van der Waals surface area contributed by atoms with E-state index >= 15 is 0 Å². The van der Waals surface area contributed by atoms with Crippen LogP contribution in [0.25, 0.3) is 0 Å². The quantitative estimate of drug-likeness (QED) is 0.396. The molecular formula is C26H25FN4O5. The van der Waals surface area contributed by atoms with Crippen molar-refractivity contribution in [3.05, 3.63) is 93.8 Å². The van der Waals surface area contributed by atoms with Gasteiger partial charge in [-0.2, -0.15) is 0 Å². The number of rotatable bonds is 7. The molecule has 1 atom stereocenters. The number of carbonyl (C=O) groups is 1. The number of non-ortho nitro benzene ring substituents is 1. The van der Waals surface area contributed by atoms with Gasteiger partial charge in [-0.15, -0.1) is 0 Å². The van der Waals surface area contributed by atoms with Crippen molar-refractivity contribution in [3.8, 4) is 11.5 Å². The number of anilines is 1. The lowest BCUT2D eigenvalue weighted by atomic mass is 10.0. The van der Waals surface area contributed by atoms with E-state index in [2.05, 4.69) is 10.2 Å². The Kier molecular flexibility index (Phi) is 6.68. The first-order valence-corrected chi connectivity index (χ1v) is 11.7. The Hall–Kier alpha value is -4.18. The van der Waals surface area contributed by atoms with Gasteiger partial charge in [-0.1, -0.05) is 18.2 Å². The molecule has 36 heavy (non-hydrogen) atoms. The fraction of sp³-hybridized carbons (Fsp3) is 0.269. The third kappa shape index (κ3) is 4.94. The fourth-order valence-electron chi connectivity index (χ4n) is 4.59. The van der Waals surface area contributed by atoms with E-state index in [0.29, 0.717) is 55.5 Å². The predicted octanol–water partition coefficient (Wildman–Crippen LogP) is 3.76. The van der Waals surface area contributed by atoms with Crippen molar-refractivity contribution in [1.29, 1.82) is 0 Å². The molecule has 2 heterocycles. The Balaban J connectivity index is 1.31. The van der Waals surface area contributed by atoms with Crippen molar-refractivity contribution >= 4 is 17.3 Å². The topological polar surface area (TPSA) is 97.2 Å². The summed E-state index contributed by atoms with van der Waals surface area (Å²) in [5.74, 6) is 0.773. The molecule has 1 N–H and O–H groups in total. The second-order valence-electron chi connectivity index (χ2n) is 8.62. The number of hydrogen-bond acceptors (Lipinski definition) is 7. The van der Waals surface area contributed by atoms with Crippen LogP contribution in [0.1, 0.15) is 22.0 Å². The molecule has 1 fully saturated rings. The van der Waals surface area contributed by atoms with Crippen molar-refractivity contribution in [2.45, 2.75) is 6.04 Å². The van der Waals surface area contributed by atoms with Gasteiger partial charge >= 0.3 is 0 Å². The molecule has 0 radical (unpaired) electrons. The van der Waals surface area contributed by atoms with E-state index in [4.69, 9.17) is 9.47 Å². The first-order valence-electron chi connectivity index (χ1n) is 11.7. The third-order valence-electron chi connectivity index (χ3n) is 6.53. The first kappa shape index (κ1) is 23.6. The molecule has 0 spiro atoms. The number of para-hydroxylation sites is 1. The molecule has 1 saturated heterocycles. The van der Waals surface area contributed by atoms with Crippen molar-refractivity contribution in [2.24, 2.45) is 0 Å². The van der Waals surface area contributed by atoms with Gasteiger partial charge in [0.2, 0.25) is 6.79 Å². The van der Waals surface area contributed by atoms with Crippen molar-refractivity contribution in [1.82, 2.24) is 10.2 Å². The van der Waals surface area contributed by atoms with Crippen LogP contribution in [0, 0.1) is 15.9 Å². The van der Waals surface area contributed by atoms with Gasteiger partial charge in [0.25, 0.3) is 11.6 Å². The van der Waals surface area contributed by atoms with Crippen LogP contribution in [-0.4, -0.2) is 55.2 Å². The van der Waals surface area contributed by atoms with Gasteiger partial charge in [0, 0.05) is 50.4 Å². The van der Waals surface area contributed by atoms with Gasteiger partial charge < -0.3 is 19.7 Å². The molecule has 9 nitrogen and oxygen atoms in total. The molecular weight excluding hydrogens is 467 g/mol. The Morgan fingerprint density at radius 2 is 1.72 bits per heavy atom. The smallest absolute Gasteiger partial charge is 0.269 e. The van der Waals surface area contributed by atoms with E-state index in [0.717, 1.165) is 5.56 Å². The molecule has 186 valence electrons. The van der Waals surface area contributed by atoms with Gasteiger partial charge in [-0.3, -0.25) is 19.8 Å². The molecule has 2 aliphatic rings. The monoisotopic (exact) mass is 492 g/mol. The van der Waals surface area contributed by atoms with Crippen LogP contribution < -0.4 is 19.7 Å². The highest BCUT2D eigenvalue weighted by Crippen LogP contribution is 2.36. The minimum atomic E-state index is -0.502. The van der Waals surface area contributed by atoms with Gasteiger partial charge in [0.15, 0.2) is 11.5 Å². The lowest BCUT2D eigenvalue weighted by molar-refractivity contribution is -0.384. The van der Waals surface area contributed by atoms with Crippen LogP contribution >= 0.6 is 0 Å². The molecule has 0 saturated carbocycles. The Morgan fingerprint density at radius 3 is 2.44 bits per heavy atom. The average molecular weight is 493 g/mol. The number of halogens is 1. The van der Waals surface area contributed by atoms with E-state index in [-0.39, 0.29) is 30.2 Å². The summed E-state index contributed by atoms with van der Waals surface area (Å²) in [6, 6.07) is 17.8. The Morgan fingerprint density at radius 1 is 1.00 bits per heavy atom. The lowest BCUT2D eigenvalue weighted by Crippen LogP contribution is -2.50. The second kappa shape index (κ2) is 10.2. The Bertz CT molecular complexity index is 1260. The summed E-state index contributed by atoms with van der Waals surface area (Å²) >= 11 is 0. The van der Waals surface area contributed by atoms with E-state index in [9.17, 15) is 19.3 Å². The number of hydrogen-bond donors (Lipinski definition) is 1. The van der Waals surface area contributed by atoms with Crippen LogP contribution in [0.4, 0.5) is 15.8 Å². The minimum Gasteiger partial charge on any atom is -0.454 e. The SMILES string of the molecule is O=C(NC[C@H](c1ccc2c(c1)OCO2)N1CCN(c2ccccc2F)CC1)c1ccc([N+](=O)[O-])cc1. The minimum absolute atomic E-state index is 0.0717. The van der Waals surface area contributed by atoms with E-state index in [1.165, 1.54) is 30.3 Å². The number of nitro groups is 1. The number of ether oxygens (including phenoxy) is 2. The summed E-state index contributed by atoms with van der Waals surface area (Å²) in [6.07, 6.45) is 0. The van der Waals surface area contributed by atoms with E-state index < -0.39 is 4.92 Å². The third-order valence-corrected chi connectivity index (χ3v) is 6.53. The molecule has 3 aromatic carbocycles. The maximum absolute atomic E-state index is 14.3. The second-order valence-corrected chi connectivity index (χ2v) is 8.62. The zero-order chi connectivity index (χ0) is 25.1. The number of nitrogens with zero attached hydrogens (tertiary/aromatic N) is 3. The first-order chi connectivity index (χ1) is 17.5. The van der Waals surface area contributed by atoms with Gasteiger partial charge in [0.1, 0.15) is 5.82 Å². The van der Waals surface area contributed by atoms with Crippen molar-refractivity contribution < 1.29 is 23.6 Å². The van der Waals surface area contributed by atoms with E-state index in [1.807, 2.05) is 29.2 Å². The van der Waals surface area contributed by atoms with Crippen LogP contribution in [0.2, 0.25) is 0 Å².